The molecule has 0 aliphatic carbocycles. The number of carbonyl (C=O) groups excluding carboxylic acids is 1. The highest BCUT2D eigenvalue weighted by Gasteiger charge is 2.20. The lowest BCUT2D eigenvalue weighted by Crippen LogP contribution is -2.23. The third kappa shape index (κ3) is 3.38. The van der Waals surface area contributed by atoms with E-state index in [0.717, 1.165) is 23.0 Å². The van der Waals surface area contributed by atoms with Gasteiger partial charge in [0, 0.05) is 11.1 Å². The van der Waals surface area contributed by atoms with Crippen molar-refractivity contribution >= 4 is 28.6 Å². The van der Waals surface area contributed by atoms with E-state index in [1.54, 1.807) is 6.07 Å². The van der Waals surface area contributed by atoms with Crippen molar-refractivity contribution in [3.05, 3.63) is 28.9 Å². The first-order chi connectivity index (χ1) is 10.2. The van der Waals surface area contributed by atoms with Crippen LogP contribution >= 0.6 is 11.6 Å². The average molecular weight is 324 g/mol. The van der Waals surface area contributed by atoms with Gasteiger partial charge < -0.3 is 9.47 Å². The second-order valence-corrected chi connectivity index (χ2v) is 6.64. The summed E-state index contributed by atoms with van der Waals surface area (Å²) in [5.74, 6) is 0.612. The second-order valence-electron chi connectivity index (χ2n) is 6.26. The van der Waals surface area contributed by atoms with E-state index in [1.807, 2.05) is 46.8 Å². The van der Waals surface area contributed by atoms with Gasteiger partial charge in [-0.15, -0.1) is 0 Å². The van der Waals surface area contributed by atoms with Crippen LogP contribution in [0, 0.1) is 6.92 Å². The molecule has 4 nitrogen and oxygen atoms in total. The highest BCUT2D eigenvalue weighted by molar-refractivity contribution is 6.37. The molecule has 2 rings (SSSR count). The van der Waals surface area contributed by atoms with Crippen molar-refractivity contribution in [3.63, 3.8) is 0 Å². The molecule has 0 bridgehead atoms. The Morgan fingerprint density at radius 1 is 1.32 bits per heavy atom. The predicted octanol–water partition coefficient (Wildman–Crippen LogP) is 5.18. The highest BCUT2D eigenvalue weighted by atomic mass is 35.5. The number of carbonyl (C=O) groups is 1. The topological polar surface area (TPSA) is 40.5 Å². The van der Waals surface area contributed by atoms with Crippen LogP contribution in [0.25, 0.3) is 10.9 Å². The number of halogens is 1. The van der Waals surface area contributed by atoms with Crippen LogP contribution in [0.1, 0.15) is 39.8 Å². The summed E-state index contributed by atoms with van der Waals surface area (Å²) in [7, 11) is 0. The molecule has 5 heteroatoms. The molecule has 0 saturated heterocycles. The molecule has 1 aromatic heterocycles. The fourth-order valence-electron chi connectivity index (χ4n) is 2.26. The maximum atomic E-state index is 12.2. The molecule has 0 N–H and O–H groups in total. The largest absolute Gasteiger partial charge is 0.487 e. The number of aromatic nitrogens is 1. The van der Waals surface area contributed by atoms with Gasteiger partial charge in [0.1, 0.15) is 11.4 Å². The highest BCUT2D eigenvalue weighted by Crippen LogP contribution is 2.36. The third-order valence-electron chi connectivity index (χ3n) is 3.10. The predicted molar refractivity (Wildman–Crippen MR) is 89.1 cm³/mol. The number of hydrogen-bond acceptors (Lipinski definition) is 3. The van der Waals surface area contributed by atoms with Gasteiger partial charge in [0.25, 0.3) is 0 Å². The summed E-state index contributed by atoms with van der Waals surface area (Å²) < 4.78 is 12.6. The molecule has 0 atom stereocenters. The van der Waals surface area contributed by atoms with Crippen molar-refractivity contribution in [3.8, 4) is 5.75 Å². The Balaban J connectivity index is 2.48. The van der Waals surface area contributed by atoms with Crippen molar-refractivity contribution in [2.45, 2.75) is 46.6 Å². The first-order valence-corrected chi connectivity index (χ1v) is 7.79. The Hall–Kier alpha value is -1.68. The Bertz CT molecular complexity index is 698. The van der Waals surface area contributed by atoms with Crippen molar-refractivity contribution in [1.29, 1.82) is 0 Å². The van der Waals surface area contributed by atoms with Gasteiger partial charge in [0.05, 0.1) is 17.1 Å². The lowest BCUT2D eigenvalue weighted by molar-refractivity contribution is 0.131. The van der Waals surface area contributed by atoms with Gasteiger partial charge in [-0.25, -0.2) is 9.36 Å². The molecule has 1 heterocycles. The number of ether oxygens (including phenoxy) is 2. The Morgan fingerprint density at radius 2 is 2.00 bits per heavy atom. The van der Waals surface area contributed by atoms with Gasteiger partial charge in [0.15, 0.2) is 0 Å². The zero-order valence-corrected chi connectivity index (χ0v) is 14.5. The molecule has 120 valence electrons. The Morgan fingerprint density at radius 3 is 2.59 bits per heavy atom. The minimum absolute atomic E-state index is 0.338. The summed E-state index contributed by atoms with van der Waals surface area (Å²) in [6.07, 6.45) is 0.406. The number of benzene rings is 1. The van der Waals surface area contributed by atoms with Gasteiger partial charge in [-0.1, -0.05) is 18.5 Å². The van der Waals surface area contributed by atoms with Gasteiger partial charge in [-0.3, -0.25) is 0 Å². The van der Waals surface area contributed by atoms with Gasteiger partial charge in [-0.05, 0) is 52.3 Å². The average Bonchev–Trinajstić information content (AvgIpc) is 2.75. The zero-order chi connectivity index (χ0) is 16.5. The standard InChI is InChI=1S/C17H22ClNO3/c1-6-9-21-16(20)19-11(2)10-12-13(19)7-8-14(15(12)18)22-17(3,4)5/h7-8,10H,6,9H2,1-5H3. The number of rotatable bonds is 3. The first-order valence-electron chi connectivity index (χ1n) is 7.41. The van der Waals surface area contributed by atoms with Gasteiger partial charge >= 0.3 is 6.09 Å². The summed E-state index contributed by atoms with van der Waals surface area (Å²) >= 11 is 6.45. The summed E-state index contributed by atoms with van der Waals surface area (Å²) in [4.78, 5) is 12.2. The third-order valence-corrected chi connectivity index (χ3v) is 3.49. The fraction of sp³-hybridized carbons (Fsp3) is 0.471. The van der Waals surface area contributed by atoms with Crippen molar-refractivity contribution in [2.75, 3.05) is 6.61 Å². The molecule has 22 heavy (non-hydrogen) atoms. The van der Waals surface area contributed by atoms with E-state index in [0.29, 0.717) is 17.4 Å². The number of hydrogen-bond donors (Lipinski definition) is 0. The van der Waals surface area contributed by atoms with Gasteiger partial charge in [-0.2, -0.15) is 0 Å². The van der Waals surface area contributed by atoms with Crippen LogP contribution in [0.4, 0.5) is 4.79 Å². The minimum atomic E-state index is -0.380. The van der Waals surface area contributed by atoms with Crippen molar-refractivity contribution in [2.24, 2.45) is 0 Å². The molecule has 2 aromatic rings. The lowest BCUT2D eigenvalue weighted by Gasteiger charge is -2.22. The van der Waals surface area contributed by atoms with Gasteiger partial charge in [0.2, 0.25) is 0 Å². The molecule has 0 fully saturated rings. The molecular weight excluding hydrogens is 302 g/mol. The molecule has 0 spiro atoms. The monoisotopic (exact) mass is 323 g/mol. The normalized spacial score (nSPS) is 11.7. The van der Waals surface area contributed by atoms with Crippen molar-refractivity contribution < 1.29 is 14.3 Å². The molecule has 0 radical (unpaired) electrons. The van der Waals surface area contributed by atoms with Crippen LogP contribution in [-0.4, -0.2) is 22.9 Å². The van der Waals surface area contributed by atoms with Crippen LogP contribution in [0.15, 0.2) is 18.2 Å². The quantitative estimate of drug-likeness (QED) is 0.781. The van der Waals surface area contributed by atoms with E-state index in [-0.39, 0.29) is 11.7 Å². The van der Waals surface area contributed by atoms with E-state index in [2.05, 4.69) is 0 Å². The van der Waals surface area contributed by atoms with Crippen molar-refractivity contribution in [1.82, 2.24) is 4.57 Å². The second kappa shape index (κ2) is 6.21. The van der Waals surface area contributed by atoms with E-state index in [4.69, 9.17) is 21.1 Å². The maximum Gasteiger partial charge on any atom is 0.418 e. The van der Waals surface area contributed by atoms with Crippen LogP contribution in [0.2, 0.25) is 5.02 Å². The molecule has 0 aliphatic heterocycles. The molecule has 0 saturated carbocycles. The molecule has 0 unspecified atom stereocenters. The van der Waals surface area contributed by atoms with E-state index >= 15 is 0 Å². The molecule has 0 amide bonds. The molecule has 1 aromatic carbocycles. The number of aryl methyl sites for hydroxylation is 1. The van der Waals surface area contributed by atoms with Crippen LogP contribution in [0.3, 0.4) is 0 Å². The van der Waals surface area contributed by atoms with Crippen LogP contribution < -0.4 is 4.74 Å². The Labute approximate surface area is 136 Å². The fourth-order valence-corrected chi connectivity index (χ4v) is 2.52. The lowest BCUT2D eigenvalue weighted by atomic mass is 10.2. The number of nitrogens with zero attached hydrogens (tertiary/aromatic N) is 1. The molecular formula is C17H22ClNO3. The smallest absolute Gasteiger partial charge is 0.418 e. The number of fused-ring (bicyclic) bond motifs is 1. The SMILES string of the molecule is CCCOC(=O)n1c(C)cc2c(Cl)c(OC(C)(C)C)ccc21. The summed E-state index contributed by atoms with van der Waals surface area (Å²) in [5.41, 5.74) is 1.17. The van der Waals surface area contributed by atoms with Crippen LogP contribution in [-0.2, 0) is 4.74 Å². The summed E-state index contributed by atoms with van der Waals surface area (Å²) in [5, 5.41) is 1.30. The summed E-state index contributed by atoms with van der Waals surface area (Å²) in [6, 6.07) is 5.50. The Kier molecular flexibility index (Phi) is 4.71. The molecule has 0 aliphatic rings. The van der Waals surface area contributed by atoms with E-state index in [9.17, 15) is 4.79 Å². The summed E-state index contributed by atoms with van der Waals surface area (Å²) in [6.45, 7) is 10.1. The minimum Gasteiger partial charge on any atom is -0.487 e. The zero-order valence-electron chi connectivity index (χ0n) is 13.7. The van der Waals surface area contributed by atoms with E-state index in [1.165, 1.54) is 4.57 Å². The van der Waals surface area contributed by atoms with Crippen LogP contribution in [0.5, 0.6) is 5.75 Å². The maximum absolute atomic E-state index is 12.2. The first kappa shape index (κ1) is 16.7. The van der Waals surface area contributed by atoms with E-state index < -0.39 is 0 Å².